The Morgan fingerprint density at radius 3 is 2.80 bits per heavy atom. The van der Waals surface area contributed by atoms with Crippen molar-refractivity contribution in [1.29, 1.82) is 0 Å². The number of thiophene rings is 1. The molecule has 0 saturated heterocycles. The van der Waals surface area contributed by atoms with E-state index in [1.807, 2.05) is 4.90 Å². The summed E-state index contributed by atoms with van der Waals surface area (Å²) in [4.78, 5) is 32.3. The normalized spacial score (nSPS) is 17.1. The van der Waals surface area contributed by atoms with E-state index in [0.29, 0.717) is 17.9 Å². The molecule has 20 heavy (non-hydrogen) atoms. The first kappa shape index (κ1) is 13.2. The number of hydrogen-bond donors (Lipinski definition) is 2. The standard InChI is InChI=1S/C14H17N3O2S/c1-8-11(16-13(19)15-8)12(18)17-7-10-9(4-5-20-10)6-14(17,2)3/h4-5H,6-7H2,1-3H3,(H2,15,16,19). The van der Waals surface area contributed by atoms with Gasteiger partial charge >= 0.3 is 5.69 Å². The minimum Gasteiger partial charge on any atom is -0.327 e. The summed E-state index contributed by atoms with van der Waals surface area (Å²) >= 11 is 1.68. The van der Waals surface area contributed by atoms with Gasteiger partial charge in [-0.2, -0.15) is 0 Å². The molecule has 106 valence electrons. The van der Waals surface area contributed by atoms with Crippen molar-refractivity contribution >= 4 is 17.2 Å². The topological polar surface area (TPSA) is 69.0 Å². The molecule has 0 spiro atoms. The van der Waals surface area contributed by atoms with Gasteiger partial charge in [-0.3, -0.25) is 4.79 Å². The van der Waals surface area contributed by atoms with E-state index >= 15 is 0 Å². The minimum absolute atomic E-state index is 0.120. The van der Waals surface area contributed by atoms with Gasteiger partial charge in [0.25, 0.3) is 5.91 Å². The van der Waals surface area contributed by atoms with Crippen molar-refractivity contribution in [3.63, 3.8) is 0 Å². The van der Waals surface area contributed by atoms with Crippen molar-refractivity contribution < 1.29 is 4.79 Å². The highest BCUT2D eigenvalue weighted by molar-refractivity contribution is 7.10. The summed E-state index contributed by atoms with van der Waals surface area (Å²) in [6, 6.07) is 2.13. The molecule has 0 atom stereocenters. The van der Waals surface area contributed by atoms with Crippen LogP contribution in [-0.2, 0) is 13.0 Å². The van der Waals surface area contributed by atoms with Crippen LogP contribution in [0, 0.1) is 6.92 Å². The highest BCUT2D eigenvalue weighted by Gasteiger charge is 2.37. The fourth-order valence-corrected chi connectivity index (χ4v) is 3.64. The van der Waals surface area contributed by atoms with E-state index in [4.69, 9.17) is 0 Å². The smallest absolute Gasteiger partial charge is 0.323 e. The van der Waals surface area contributed by atoms with Gasteiger partial charge in [0.1, 0.15) is 5.69 Å². The molecule has 3 rings (SSSR count). The number of aromatic nitrogens is 2. The van der Waals surface area contributed by atoms with Crippen LogP contribution in [0.15, 0.2) is 16.2 Å². The molecule has 0 radical (unpaired) electrons. The molecule has 1 amide bonds. The molecule has 3 heterocycles. The number of aryl methyl sites for hydroxylation is 1. The third-order valence-corrected chi connectivity index (χ3v) is 4.81. The van der Waals surface area contributed by atoms with Gasteiger partial charge in [0.15, 0.2) is 0 Å². The Kier molecular flexibility index (Phi) is 2.86. The van der Waals surface area contributed by atoms with E-state index in [-0.39, 0.29) is 17.1 Å². The number of fused-ring (bicyclic) bond motifs is 1. The molecule has 0 aromatic carbocycles. The molecule has 0 saturated carbocycles. The summed E-state index contributed by atoms with van der Waals surface area (Å²) in [5.74, 6) is -0.120. The van der Waals surface area contributed by atoms with Crippen molar-refractivity contribution in [2.24, 2.45) is 0 Å². The second-order valence-electron chi connectivity index (χ2n) is 5.83. The van der Waals surface area contributed by atoms with Crippen LogP contribution in [0.25, 0.3) is 0 Å². The SMILES string of the molecule is Cc1[nH]c(=O)[nH]c1C(=O)N1Cc2sccc2CC1(C)C. The van der Waals surface area contributed by atoms with Gasteiger partial charge < -0.3 is 14.9 Å². The molecule has 0 fully saturated rings. The lowest BCUT2D eigenvalue weighted by molar-refractivity contribution is 0.0488. The van der Waals surface area contributed by atoms with Crippen molar-refractivity contribution in [2.75, 3.05) is 0 Å². The van der Waals surface area contributed by atoms with E-state index in [9.17, 15) is 9.59 Å². The van der Waals surface area contributed by atoms with Crippen LogP contribution in [0.5, 0.6) is 0 Å². The lowest BCUT2D eigenvalue weighted by atomic mass is 9.89. The Hall–Kier alpha value is -1.82. The number of rotatable bonds is 1. The maximum atomic E-state index is 12.7. The second kappa shape index (κ2) is 4.34. The molecular weight excluding hydrogens is 274 g/mol. The maximum absolute atomic E-state index is 12.7. The van der Waals surface area contributed by atoms with Gasteiger partial charge in [-0.25, -0.2) is 4.79 Å². The van der Waals surface area contributed by atoms with Crippen molar-refractivity contribution in [1.82, 2.24) is 14.9 Å². The Bertz CT molecular complexity index is 723. The summed E-state index contributed by atoms with van der Waals surface area (Å²) in [5.41, 5.74) is 1.68. The predicted octanol–water partition coefficient (Wildman–Crippen LogP) is 2.05. The van der Waals surface area contributed by atoms with Gasteiger partial charge in [0.05, 0.1) is 6.54 Å². The molecule has 2 aromatic rings. The number of aromatic amines is 2. The van der Waals surface area contributed by atoms with Gasteiger partial charge in [0.2, 0.25) is 0 Å². The Morgan fingerprint density at radius 1 is 1.40 bits per heavy atom. The van der Waals surface area contributed by atoms with Crippen LogP contribution in [0.2, 0.25) is 0 Å². The zero-order chi connectivity index (χ0) is 14.5. The number of nitrogens with one attached hydrogen (secondary N) is 2. The van der Waals surface area contributed by atoms with Gasteiger partial charge in [-0.15, -0.1) is 11.3 Å². The van der Waals surface area contributed by atoms with Crippen LogP contribution in [0.3, 0.4) is 0 Å². The van der Waals surface area contributed by atoms with Crippen LogP contribution < -0.4 is 5.69 Å². The molecule has 0 unspecified atom stereocenters. The third kappa shape index (κ3) is 2.00. The van der Waals surface area contributed by atoms with Gasteiger partial charge in [-0.05, 0) is 44.2 Å². The summed E-state index contributed by atoms with van der Waals surface area (Å²) in [7, 11) is 0. The number of imidazole rings is 1. The molecule has 2 aromatic heterocycles. The fourth-order valence-electron chi connectivity index (χ4n) is 2.75. The molecular formula is C14H17N3O2S. The van der Waals surface area contributed by atoms with Gasteiger partial charge in [0, 0.05) is 16.1 Å². The second-order valence-corrected chi connectivity index (χ2v) is 6.83. The average molecular weight is 291 g/mol. The fraction of sp³-hybridized carbons (Fsp3) is 0.429. The zero-order valence-corrected chi connectivity index (χ0v) is 12.6. The quantitative estimate of drug-likeness (QED) is 0.844. The molecule has 1 aliphatic rings. The summed E-state index contributed by atoms with van der Waals surface area (Å²) in [6.45, 7) is 6.46. The van der Waals surface area contributed by atoms with E-state index in [2.05, 4.69) is 35.3 Å². The Morgan fingerprint density at radius 2 is 2.15 bits per heavy atom. The van der Waals surface area contributed by atoms with Crippen LogP contribution in [0.1, 0.15) is 40.5 Å². The molecule has 6 heteroatoms. The van der Waals surface area contributed by atoms with Crippen LogP contribution in [-0.4, -0.2) is 26.3 Å². The molecule has 1 aliphatic heterocycles. The maximum Gasteiger partial charge on any atom is 0.323 e. The first-order valence-corrected chi connectivity index (χ1v) is 7.42. The number of nitrogens with zero attached hydrogens (tertiary/aromatic N) is 1. The lowest BCUT2D eigenvalue weighted by Crippen LogP contribution is -2.51. The van der Waals surface area contributed by atoms with Crippen molar-refractivity contribution in [3.8, 4) is 0 Å². The zero-order valence-electron chi connectivity index (χ0n) is 11.7. The summed E-state index contributed by atoms with van der Waals surface area (Å²) in [6.07, 6.45) is 0.839. The van der Waals surface area contributed by atoms with Crippen molar-refractivity contribution in [2.45, 2.75) is 39.3 Å². The molecule has 2 N–H and O–H groups in total. The number of hydrogen-bond acceptors (Lipinski definition) is 3. The van der Waals surface area contributed by atoms with Crippen LogP contribution in [0.4, 0.5) is 0 Å². The van der Waals surface area contributed by atoms with Gasteiger partial charge in [-0.1, -0.05) is 0 Å². The third-order valence-electron chi connectivity index (χ3n) is 3.87. The van der Waals surface area contributed by atoms with Crippen molar-refractivity contribution in [3.05, 3.63) is 43.8 Å². The Balaban J connectivity index is 1.99. The number of carbonyl (C=O) groups is 1. The lowest BCUT2D eigenvalue weighted by Gasteiger charge is -2.42. The Labute approximate surface area is 120 Å². The first-order chi connectivity index (χ1) is 9.38. The molecule has 0 aliphatic carbocycles. The number of H-pyrrole nitrogens is 2. The van der Waals surface area contributed by atoms with E-state index < -0.39 is 0 Å². The van der Waals surface area contributed by atoms with E-state index in [1.165, 1.54) is 10.4 Å². The summed E-state index contributed by atoms with van der Waals surface area (Å²) in [5, 5.41) is 2.07. The summed E-state index contributed by atoms with van der Waals surface area (Å²) < 4.78 is 0. The van der Waals surface area contributed by atoms with E-state index in [0.717, 1.165) is 6.42 Å². The minimum atomic E-state index is -0.336. The largest absolute Gasteiger partial charge is 0.327 e. The van der Waals surface area contributed by atoms with E-state index in [1.54, 1.807) is 18.3 Å². The monoisotopic (exact) mass is 291 g/mol. The molecule has 5 nitrogen and oxygen atoms in total. The predicted molar refractivity (Wildman–Crippen MR) is 78.1 cm³/mol. The highest BCUT2D eigenvalue weighted by Crippen LogP contribution is 2.34. The average Bonchev–Trinajstić information content (AvgIpc) is 2.91. The van der Waals surface area contributed by atoms with Crippen LogP contribution >= 0.6 is 11.3 Å². The number of amides is 1. The first-order valence-electron chi connectivity index (χ1n) is 6.54. The number of carbonyl (C=O) groups excluding carboxylic acids is 1. The highest BCUT2D eigenvalue weighted by atomic mass is 32.1. The molecule has 0 bridgehead atoms.